The first-order chi connectivity index (χ1) is 9.19. The van der Waals surface area contributed by atoms with Gasteiger partial charge in [-0.1, -0.05) is 6.07 Å². The van der Waals surface area contributed by atoms with E-state index >= 15 is 0 Å². The zero-order valence-electron chi connectivity index (χ0n) is 11.0. The third kappa shape index (κ3) is 2.63. The maximum absolute atomic E-state index is 11.7. The highest BCUT2D eigenvalue weighted by molar-refractivity contribution is 5.79. The summed E-state index contributed by atoms with van der Waals surface area (Å²) in [6.07, 6.45) is 1.06. The molecule has 0 spiro atoms. The number of carbonyl (C=O) groups excluding carboxylic acids is 1. The van der Waals surface area contributed by atoms with Gasteiger partial charge in [0.2, 0.25) is 5.91 Å². The Hall–Kier alpha value is -2.22. The molecule has 5 nitrogen and oxygen atoms in total. The van der Waals surface area contributed by atoms with Gasteiger partial charge >= 0.3 is 0 Å². The monoisotopic (exact) mass is 260 g/mol. The number of hydrogen-bond donors (Lipinski definition) is 0. The van der Waals surface area contributed by atoms with Crippen LogP contribution in [0.4, 0.5) is 0 Å². The molecule has 1 unspecified atom stereocenters. The molecule has 1 aromatic rings. The summed E-state index contributed by atoms with van der Waals surface area (Å²) in [5, 5.41) is 9.03. The molecule has 1 aliphatic rings. The highest BCUT2D eigenvalue weighted by Gasteiger charge is 2.30. The van der Waals surface area contributed by atoms with Gasteiger partial charge < -0.3 is 14.4 Å². The van der Waals surface area contributed by atoms with E-state index in [1.807, 2.05) is 12.1 Å². The van der Waals surface area contributed by atoms with E-state index in [0.29, 0.717) is 30.9 Å². The Morgan fingerprint density at radius 2 is 2.11 bits per heavy atom. The molecule has 0 radical (unpaired) electrons. The minimum absolute atomic E-state index is 0.0290. The van der Waals surface area contributed by atoms with Crippen LogP contribution in [0.2, 0.25) is 0 Å². The van der Waals surface area contributed by atoms with E-state index in [0.717, 1.165) is 5.56 Å². The van der Waals surface area contributed by atoms with Gasteiger partial charge in [0.05, 0.1) is 20.3 Å². The Morgan fingerprint density at radius 1 is 1.37 bits per heavy atom. The number of methoxy groups -OCH3 is 2. The Balaban J connectivity index is 2.19. The van der Waals surface area contributed by atoms with Gasteiger partial charge in [0.1, 0.15) is 6.04 Å². The molecular formula is C14H16N2O3. The molecule has 1 atom stereocenters. The summed E-state index contributed by atoms with van der Waals surface area (Å²) in [6.45, 7) is 0.428. The van der Waals surface area contributed by atoms with Gasteiger partial charge in [0, 0.05) is 13.0 Å². The maximum Gasteiger partial charge on any atom is 0.224 e. The minimum Gasteiger partial charge on any atom is -0.493 e. The number of ether oxygens (including phenoxy) is 2. The summed E-state index contributed by atoms with van der Waals surface area (Å²) >= 11 is 0. The molecule has 0 aliphatic carbocycles. The minimum atomic E-state index is -0.319. The van der Waals surface area contributed by atoms with Gasteiger partial charge in [0.25, 0.3) is 0 Å². The van der Waals surface area contributed by atoms with E-state index in [1.54, 1.807) is 25.2 Å². The van der Waals surface area contributed by atoms with E-state index < -0.39 is 0 Å². The van der Waals surface area contributed by atoms with Crippen LogP contribution in [0.15, 0.2) is 18.2 Å². The number of amides is 1. The normalized spacial score (nSPS) is 18.3. The van der Waals surface area contributed by atoms with Gasteiger partial charge in [-0.25, -0.2) is 0 Å². The van der Waals surface area contributed by atoms with E-state index in [2.05, 4.69) is 6.07 Å². The zero-order chi connectivity index (χ0) is 13.8. The fourth-order valence-electron chi connectivity index (χ4n) is 2.24. The molecule has 2 rings (SSSR count). The highest BCUT2D eigenvalue weighted by atomic mass is 16.5. The molecule has 19 heavy (non-hydrogen) atoms. The Kier molecular flexibility index (Phi) is 3.91. The molecule has 0 aromatic heterocycles. The van der Waals surface area contributed by atoms with Crippen molar-refractivity contribution >= 4 is 5.91 Å². The second-order valence-electron chi connectivity index (χ2n) is 4.39. The third-order valence-electron chi connectivity index (χ3n) is 3.28. The van der Waals surface area contributed by atoms with Crippen molar-refractivity contribution in [2.75, 3.05) is 14.2 Å². The molecule has 1 fully saturated rings. The molecule has 0 saturated carbocycles. The van der Waals surface area contributed by atoms with Gasteiger partial charge in [-0.15, -0.1) is 0 Å². The van der Waals surface area contributed by atoms with Gasteiger partial charge in [0.15, 0.2) is 11.5 Å². The van der Waals surface area contributed by atoms with Crippen LogP contribution in [-0.2, 0) is 11.3 Å². The van der Waals surface area contributed by atoms with Crippen LogP contribution < -0.4 is 9.47 Å². The van der Waals surface area contributed by atoms with Crippen molar-refractivity contribution < 1.29 is 14.3 Å². The molecule has 1 amide bonds. The Bertz CT molecular complexity index is 522. The van der Waals surface area contributed by atoms with Crippen molar-refractivity contribution in [2.45, 2.75) is 25.4 Å². The fraction of sp³-hybridized carbons (Fsp3) is 0.429. The van der Waals surface area contributed by atoms with Crippen LogP contribution >= 0.6 is 0 Å². The topological polar surface area (TPSA) is 62.6 Å². The first-order valence-corrected chi connectivity index (χ1v) is 6.09. The summed E-state index contributed by atoms with van der Waals surface area (Å²) in [7, 11) is 3.15. The van der Waals surface area contributed by atoms with Crippen LogP contribution in [0.5, 0.6) is 11.5 Å². The number of carbonyl (C=O) groups is 1. The van der Waals surface area contributed by atoms with E-state index in [1.165, 1.54) is 0 Å². The molecular weight excluding hydrogens is 244 g/mol. The summed E-state index contributed by atoms with van der Waals surface area (Å²) in [5.41, 5.74) is 0.924. The van der Waals surface area contributed by atoms with Crippen molar-refractivity contribution in [1.82, 2.24) is 4.90 Å². The first-order valence-electron chi connectivity index (χ1n) is 6.09. The Morgan fingerprint density at radius 3 is 2.74 bits per heavy atom. The quantitative estimate of drug-likeness (QED) is 0.827. The van der Waals surface area contributed by atoms with Gasteiger partial charge in [-0.3, -0.25) is 4.79 Å². The lowest BCUT2D eigenvalue weighted by atomic mass is 10.1. The number of benzene rings is 1. The lowest BCUT2D eigenvalue weighted by molar-refractivity contribution is -0.128. The maximum atomic E-state index is 11.7. The average Bonchev–Trinajstić information content (AvgIpc) is 2.79. The second-order valence-corrected chi connectivity index (χ2v) is 4.39. The fourth-order valence-corrected chi connectivity index (χ4v) is 2.24. The predicted octanol–water partition coefficient (Wildman–Crippen LogP) is 1.72. The highest BCUT2D eigenvalue weighted by Crippen LogP contribution is 2.29. The lowest BCUT2D eigenvalue weighted by Gasteiger charge is -2.20. The van der Waals surface area contributed by atoms with E-state index in [-0.39, 0.29) is 11.9 Å². The van der Waals surface area contributed by atoms with Crippen LogP contribution in [0.25, 0.3) is 0 Å². The van der Waals surface area contributed by atoms with Crippen LogP contribution in [0.3, 0.4) is 0 Å². The molecule has 5 heteroatoms. The molecule has 0 bridgehead atoms. The Labute approximate surface area is 112 Å². The van der Waals surface area contributed by atoms with E-state index in [9.17, 15) is 4.79 Å². The summed E-state index contributed by atoms with van der Waals surface area (Å²) in [6, 6.07) is 7.36. The van der Waals surface area contributed by atoms with Crippen LogP contribution in [-0.4, -0.2) is 31.1 Å². The predicted molar refractivity (Wildman–Crippen MR) is 68.7 cm³/mol. The molecule has 1 saturated heterocycles. The summed E-state index contributed by atoms with van der Waals surface area (Å²) in [5.74, 6) is 1.30. The largest absolute Gasteiger partial charge is 0.493 e. The number of hydrogen-bond acceptors (Lipinski definition) is 4. The van der Waals surface area contributed by atoms with Gasteiger partial charge in [-0.05, 0) is 24.1 Å². The van der Waals surface area contributed by atoms with E-state index in [4.69, 9.17) is 14.7 Å². The zero-order valence-corrected chi connectivity index (χ0v) is 11.0. The number of likely N-dealkylation sites (tertiary alicyclic amines) is 1. The van der Waals surface area contributed by atoms with Crippen LogP contribution in [0, 0.1) is 11.3 Å². The molecule has 1 heterocycles. The van der Waals surface area contributed by atoms with Crippen LogP contribution in [0.1, 0.15) is 18.4 Å². The standard InChI is InChI=1S/C14H16N2O3/c1-18-12-5-3-10(7-13(12)19-2)9-16-11(8-15)4-6-14(16)17/h3,5,7,11H,4,6,9H2,1-2H3. The average molecular weight is 260 g/mol. The smallest absolute Gasteiger partial charge is 0.224 e. The molecule has 100 valence electrons. The van der Waals surface area contributed by atoms with Crippen molar-refractivity contribution in [3.8, 4) is 17.6 Å². The van der Waals surface area contributed by atoms with Crippen molar-refractivity contribution in [1.29, 1.82) is 5.26 Å². The first kappa shape index (κ1) is 13.2. The second kappa shape index (κ2) is 5.61. The van der Waals surface area contributed by atoms with Crippen molar-refractivity contribution in [2.24, 2.45) is 0 Å². The summed E-state index contributed by atoms with van der Waals surface area (Å²) in [4.78, 5) is 13.4. The molecule has 1 aromatic carbocycles. The van der Waals surface area contributed by atoms with Crippen molar-refractivity contribution in [3.63, 3.8) is 0 Å². The molecule has 0 N–H and O–H groups in total. The number of nitrogens with zero attached hydrogens (tertiary/aromatic N) is 2. The number of nitriles is 1. The molecule has 1 aliphatic heterocycles. The lowest BCUT2D eigenvalue weighted by Crippen LogP contribution is -2.31. The summed E-state index contributed by atoms with van der Waals surface area (Å²) < 4.78 is 10.4. The van der Waals surface area contributed by atoms with Crippen molar-refractivity contribution in [3.05, 3.63) is 23.8 Å². The van der Waals surface area contributed by atoms with Gasteiger partial charge in [-0.2, -0.15) is 5.26 Å². The number of rotatable bonds is 4. The third-order valence-corrected chi connectivity index (χ3v) is 3.28. The SMILES string of the molecule is COc1ccc(CN2C(=O)CCC2C#N)cc1OC.